The van der Waals surface area contributed by atoms with E-state index in [0.29, 0.717) is 6.42 Å². The fourth-order valence-electron chi connectivity index (χ4n) is 1.71. The quantitative estimate of drug-likeness (QED) is 0.812. The highest BCUT2D eigenvalue weighted by molar-refractivity contribution is 5.14. The van der Waals surface area contributed by atoms with E-state index >= 15 is 0 Å². The number of rotatable bonds is 6. The largest absolute Gasteiger partial charge is 0.389 e. The molecule has 17 heavy (non-hydrogen) atoms. The van der Waals surface area contributed by atoms with E-state index in [2.05, 4.69) is 0 Å². The van der Waals surface area contributed by atoms with Crippen LogP contribution < -0.4 is 5.73 Å². The molecule has 0 fully saturated rings. The molecule has 0 aliphatic carbocycles. The van der Waals surface area contributed by atoms with Crippen molar-refractivity contribution in [3.63, 3.8) is 0 Å². The summed E-state index contributed by atoms with van der Waals surface area (Å²) in [6.45, 7) is 0. The van der Waals surface area contributed by atoms with Gasteiger partial charge in [0.05, 0.1) is 0 Å². The highest BCUT2D eigenvalue weighted by atomic mass is 19.4. The average Bonchev–Trinajstić information content (AvgIpc) is 2.27. The first kappa shape index (κ1) is 14.0. The highest BCUT2D eigenvalue weighted by Gasteiger charge is 2.27. The smallest absolute Gasteiger partial charge is 0.328 e. The zero-order valence-corrected chi connectivity index (χ0v) is 9.71. The molecule has 1 aromatic carbocycles. The summed E-state index contributed by atoms with van der Waals surface area (Å²) in [5.74, 6) is 0. The molecule has 0 aromatic heterocycles. The van der Waals surface area contributed by atoms with Gasteiger partial charge in [0, 0.05) is 12.5 Å². The van der Waals surface area contributed by atoms with Crippen LogP contribution in [-0.2, 0) is 6.42 Å². The summed E-state index contributed by atoms with van der Waals surface area (Å²) in [6, 6.07) is 9.54. The molecule has 1 nitrogen and oxygen atoms in total. The molecule has 0 amide bonds. The second-order valence-electron chi connectivity index (χ2n) is 4.29. The maximum Gasteiger partial charge on any atom is 0.389 e. The van der Waals surface area contributed by atoms with Crippen molar-refractivity contribution < 1.29 is 13.2 Å². The number of halogens is 3. The van der Waals surface area contributed by atoms with Crippen LogP contribution in [0.4, 0.5) is 13.2 Å². The SMILES string of the molecule is NC(CCCc1ccccc1)CCC(F)(F)F. The molecule has 1 rings (SSSR count). The van der Waals surface area contributed by atoms with Gasteiger partial charge in [-0.3, -0.25) is 0 Å². The van der Waals surface area contributed by atoms with Gasteiger partial charge in [0.15, 0.2) is 0 Å². The molecule has 0 saturated heterocycles. The van der Waals surface area contributed by atoms with Crippen molar-refractivity contribution in [1.29, 1.82) is 0 Å². The van der Waals surface area contributed by atoms with E-state index in [1.54, 1.807) is 0 Å². The van der Waals surface area contributed by atoms with Crippen molar-refractivity contribution in [1.82, 2.24) is 0 Å². The van der Waals surface area contributed by atoms with Crippen LogP contribution in [0.15, 0.2) is 30.3 Å². The molecule has 0 aliphatic rings. The number of nitrogens with two attached hydrogens (primary N) is 1. The molecule has 0 heterocycles. The highest BCUT2D eigenvalue weighted by Crippen LogP contribution is 2.22. The van der Waals surface area contributed by atoms with Crippen molar-refractivity contribution in [2.75, 3.05) is 0 Å². The van der Waals surface area contributed by atoms with Crippen molar-refractivity contribution >= 4 is 0 Å². The predicted molar refractivity (Wildman–Crippen MR) is 62.6 cm³/mol. The molecule has 0 radical (unpaired) electrons. The lowest BCUT2D eigenvalue weighted by molar-refractivity contribution is -0.136. The first-order chi connectivity index (χ1) is 7.97. The summed E-state index contributed by atoms with van der Waals surface area (Å²) >= 11 is 0. The second-order valence-corrected chi connectivity index (χ2v) is 4.29. The van der Waals surface area contributed by atoms with Gasteiger partial charge in [0.25, 0.3) is 0 Å². The number of hydrogen-bond acceptors (Lipinski definition) is 1. The Morgan fingerprint density at radius 2 is 1.71 bits per heavy atom. The molecular formula is C13H18F3N. The fraction of sp³-hybridized carbons (Fsp3) is 0.538. The van der Waals surface area contributed by atoms with Gasteiger partial charge < -0.3 is 5.73 Å². The minimum absolute atomic E-state index is 0.0261. The van der Waals surface area contributed by atoms with E-state index in [0.717, 1.165) is 12.8 Å². The zero-order chi connectivity index (χ0) is 12.7. The topological polar surface area (TPSA) is 26.0 Å². The Morgan fingerprint density at radius 1 is 1.06 bits per heavy atom. The van der Waals surface area contributed by atoms with Crippen LogP contribution in [0.3, 0.4) is 0 Å². The third-order valence-electron chi connectivity index (χ3n) is 2.68. The van der Waals surface area contributed by atoms with Gasteiger partial charge in [-0.2, -0.15) is 13.2 Å². The Hall–Kier alpha value is -1.03. The maximum absolute atomic E-state index is 11.9. The van der Waals surface area contributed by atoms with Crippen molar-refractivity contribution in [3.8, 4) is 0 Å². The second kappa shape index (κ2) is 6.64. The summed E-state index contributed by atoms with van der Waals surface area (Å²) in [7, 11) is 0. The Bertz CT molecular complexity index is 308. The van der Waals surface area contributed by atoms with Crippen LogP contribution in [0.5, 0.6) is 0 Å². The van der Waals surface area contributed by atoms with Gasteiger partial charge in [-0.25, -0.2) is 0 Å². The molecule has 0 saturated carbocycles. The van der Waals surface area contributed by atoms with E-state index in [1.807, 2.05) is 30.3 Å². The molecule has 0 spiro atoms. The van der Waals surface area contributed by atoms with Crippen molar-refractivity contribution in [3.05, 3.63) is 35.9 Å². The van der Waals surface area contributed by atoms with Crippen LogP contribution in [0.1, 0.15) is 31.2 Å². The summed E-state index contributed by atoms with van der Waals surface area (Å²) in [5, 5.41) is 0. The normalized spacial score (nSPS) is 13.6. The lowest BCUT2D eigenvalue weighted by Gasteiger charge is -2.12. The maximum atomic E-state index is 11.9. The number of hydrogen-bond donors (Lipinski definition) is 1. The van der Waals surface area contributed by atoms with Crippen molar-refractivity contribution in [2.45, 2.75) is 44.3 Å². The molecule has 0 bridgehead atoms. The summed E-state index contributed by atoms with van der Waals surface area (Å²) < 4.78 is 35.8. The Balaban J connectivity index is 2.14. The Labute approximate surface area is 99.8 Å². The summed E-state index contributed by atoms with van der Waals surface area (Å²) in [5.41, 5.74) is 6.85. The summed E-state index contributed by atoms with van der Waals surface area (Å²) in [4.78, 5) is 0. The van der Waals surface area contributed by atoms with E-state index in [9.17, 15) is 13.2 Å². The number of benzene rings is 1. The molecule has 96 valence electrons. The Morgan fingerprint density at radius 3 is 2.29 bits per heavy atom. The van der Waals surface area contributed by atoms with E-state index in [4.69, 9.17) is 5.73 Å². The van der Waals surface area contributed by atoms with Crippen LogP contribution in [-0.4, -0.2) is 12.2 Å². The van der Waals surface area contributed by atoms with Gasteiger partial charge in [0.2, 0.25) is 0 Å². The molecule has 1 aromatic rings. The molecule has 4 heteroatoms. The van der Waals surface area contributed by atoms with Crippen LogP contribution in [0.2, 0.25) is 0 Å². The van der Waals surface area contributed by atoms with Gasteiger partial charge in [0.1, 0.15) is 0 Å². The van der Waals surface area contributed by atoms with Gasteiger partial charge in [-0.15, -0.1) is 0 Å². The number of aryl methyl sites for hydroxylation is 1. The average molecular weight is 245 g/mol. The predicted octanol–water partition coefficient (Wildman–Crippen LogP) is 3.68. The van der Waals surface area contributed by atoms with Crippen LogP contribution in [0.25, 0.3) is 0 Å². The van der Waals surface area contributed by atoms with E-state index < -0.39 is 12.6 Å². The van der Waals surface area contributed by atoms with Crippen LogP contribution in [0, 0.1) is 0 Å². The Kier molecular flexibility index (Phi) is 5.48. The molecule has 1 atom stereocenters. The monoisotopic (exact) mass is 245 g/mol. The first-order valence-corrected chi connectivity index (χ1v) is 5.83. The zero-order valence-electron chi connectivity index (χ0n) is 9.71. The number of alkyl halides is 3. The van der Waals surface area contributed by atoms with Gasteiger partial charge >= 0.3 is 6.18 Å². The first-order valence-electron chi connectivity index (χ1n) is 5.83. The van der Waals surface area contributed by atoms with Crippen molar-refractivity contribution in [2.24, 2.45) is 5.73 Å². The minimum Gasteiger partial charge on any atom is -0.328 e. The minimum atomic E-state index is -4.09. The van der Waals surface area contributed by atoms with Gasteiger partial charge in [-0.1, -0.05) is 30.3 Å². The van der Waals surface area contributed by atoms with Crippen LogP contribution >= 0.6 is 0 Å². The third-order valence-corrected chi connectivity index (χ3v) is 2.68. The standard InChI is InChI=1S/C13H18F3N/c14-13(15,16)10-9-12(17)8-4-7-11-5-2-1-3-6-11/h1-3,5-6,12H,4,7-10,17H2. The van der Waals surface area contributed by atoms with E-state index in [-0.39, 0.29) is 12.5 Å². The fourth-order valence-corrected chi connectivity index (χ4v) is 1.71. The lowest BCUT2D eigenvalue weighted by Crippen LogP contribution is -2.23. The van der Waals surface area contributed by atoms with Gasteiger partial charge in [-0.05, 0) is 31.2 Å². The molecule has 2 N–H and O–H groups in total. The molecule has 0 aliphatic heterocycles. The third kappa shape index (κ3) is 7.00. The summed E-state index contributed by atoms with van der Waals surface area (Å²) in [6.07, 6.45) is -2.48. The lowest BCUT2D eigenvalue weighted by atomic mass is 10.0. The van der Waals surface area contributed by atoms with E-state index in [1.165, 1.54) is 5.56 Å². The molecule has 1 unspecified atom stereocenters. The molecular weight excluding hydrogens is 227 g/mol.